The summed E-state index contributed by atoms with van der Waals surface area (Å²) in [5, 5.41) is 3.53. The lowest BCUT2D eigenvalue weighted by Crippen LogP contribution is -2.37. The molecule has 1 fully saturated rings. The van der Waals surface area contributed by atoms with E-state index >= 15 is 0 Å². The minimum absolute atomic E-state index is 0.738. The van der Waals surface area contributed by atoms with Crippen molar-refractivity contribution in [3.05, 3.63) is 24.5 Å². The Hall–Kier alpha value is -1.75. The molecule has 2 aromatic heterocycles. The van der Waals surface area contributed by atoms with E-state index in [1.54, 1.807) is 12.4 Å². The molecular weight excluding hydrogens is 262 g/mol. The van der Waals surface area contributed by atoms with E-state index in [9.17, 15) is 0 Å². The first-order chi connectivity index (χ1) is 10.4. The van der Waals surface area contributed by atoms with Crippen molar-refractivity contribution in [1.29, 1.82) is 0 Å². The smallest absolute Gasteiger partial charge is 0.180 e. The lowest BCUT2D eigenvalue weighted by Gasteiger charge is -2.33. The molecule has 0 aliphatic carbocycles. The van der Waals surface area contributed by atoms with Gasteiger partial charge in [-0.3, -0.25) is 4.98 Å². The number of aromatic nitrogens is 3. The highest BCUT2D eigenvalue weighted by atomic mass is 15.2. The maximum atomic E-state index is 4.64. The van der Waals surface area contributed by atoms with Crippen LogP contribution in [0.15, 0.2) is 24.5 Å². The van der Waals surface area contributed by atoms with Gasteiger partial charge < -0.3 is 10.2 Å². The summed E-state index contributed by atoms with van der Waals surface area (Å²) < 4.78 is 0. The SMILES string of the molecule is CCCNCC1CCN(c2ccc3nccnc3n2)CC1. The van der Waals surface area contributed by atoms with Crippen molar-refractivity contribution in [2.45, 2.75) is 26.2 Å². The second-order valence-corrected chi connectivity index (χ2v) is 5.70. The Kier molecular flexibility index (Phi) is 4.60. The zero-order valence-corrected chi connectivity index (χ0v) is 12.6. The summed E-state index contributed by atoms with van der Waals surface area (Å²) in [6.45, 7) is 6.65. The number of rotatable bonds is 5. The van der Waals surface area contributed by atoms with Gasteiger partial charge in [0.2, 0.25) is 0 Å². The molecule has 0 aromatic carbocycles. The van der Waals surface area contributed by atoms with Crippen LogP contribution >= 0.6 is 0 Å². The Morgan fingerprint density at radius 2 is 2.00 bits per heavy atom. The van der Waals surface area contributed by atoms with Gasteiger partial charge in [-0.25, -0.2) is 9.97 Å². The summed E-state index contributed by atoms with van der Waals surface area (Å²) >= 11 is 0. The van der Waals surface area contributed by atoms with Crippen LogP contribution in [0.5, 0.6) is 0 Å². The van der Waals surface area contributed by atoms with Crippen LogP contribution in [0.1, 0.15) is 26.2 Å². The van der Waals surface area contributed by atoms with E-state index in [0.717, 1.165) is 49.1 Å². The Morgan fingerprint density at radius 3 is 2.81 bits per heavy atom. The van der Waals surface area contributed by atoms with E-state index in [-0.39, 0.29) is 0 Å². The van der Waals surface area contributed by atoms with Crippen LogP contribution in [-0.2, 0) is 0 Å². The normalized spacial score (nSPS) is 16.5. The number of hydrogen-bond acceptors (Lipinski definition) is 5. The summed E-state index contributed by atoms with van der Waals surface area (Å²) in [6.07, 6.45) is 7.08. The monoisotopic (exact) mass is 285 g/mol. The highest BCUT2D eigenvalue weighted by Crippen LogP contribution is 2.22. The molecule has 1 aliphatic rings. The van der Waals surface area contributed by atoms with E-state index in [2.05, 4.69) is 38.2 Å². The van der Waals surface area contributed by atoms with Crippen LogP contribution in [0.25, 0.3) is 11.2 Å². The highest BCUT2D eigenvalue weighted by molar-refractivity contribution is 5.71. The molecule has 3 heterocycles. The Labute approximate surface area is 125 Å². The molecule has 112 valence electrons. The number of nitrogens with zero attached hydrogens (tertiary/aromatic N) is 4. The van der Waals surface area contributed by atoms with Crippen LogP contribution in [0.3, 0.4) is 0 Å². The molecule has 0 amide bonds. The molecular formula is C16H23N5. The third kappa shape index (κ3) is 3.47. The summed E-state index contributed by atoms with van der Waals surface area (Å²) in [7, 11) is 0. The molecule has 0 atom stereocenters. The minimum atomic E-state index is 0.738. The second kappa shape index (κ2) is 6.80. The quantitative estimate of drug-likeness (QED) is 0.854. The van der Waals surface area contributed by atoms with Crippen LogP contribution in [0.2, 0.25) is 0 Å². The molecule has 1 saturated heterocycles. The molecule has 2 aromatic rings. The summed E-state index contributed by atoms with van der Waals surface area (Å²) in [4.78, 5) is 15.6. The van der Waals surface area contributed by atoms with Gasteiger partial charge in [0.05, 0.1) is 0 Å². The van der Waals surface area contributed by atoms with E-state index in [1.165, 1.54) is 19.3 Å². The summed E-state index contributed by atoms with van der Waals surface area (Å²) in [5.41, 5.74) is 1.60. The topological polar surface area (TPSA) is 53.9 Å². The van der Waals surface area contributed by atoms with Crippen LogP contribution in [-0.4, -0.2) is 41.1 Å². The molecule has 3 rings (SSSR count). The fraction of sp³-hybridized carbons (Fsp3) is 0.562. The second-order valence-electron chi connectivity index (χ2n) is 5.70. The van der Waals surface area contributed by atoms with Gasteiger partial charge in [-0.2, -0.15) is 0 Å². The van der Waals surface area contributed by atoms with E-state index < -0.39 is 0 Å². The number of nitrogens with one attached hydrogen (secondary N) is 1. The van der Waals surface area contributed by atoms with Crippen molar-refractivity contribution in [1.82, 2.24) is 20.3 Å². The number of pyridine rings is 1. The number of anilines is 1. The zero-order valence-electron chi connectivity index (χ0n) is 12.6. The molecule has 1 N–H and O–H groups in total. The molecule has 0 radical (unpaired) electrons. The highest BCUT2D eigenvalue weighted by Gasteiger charge is 2.20. The largest absolute Gasteiger partial charge is 0.357 e. The summed E-state index contributed by atoms with van der Waals surface area (Å²) in [6, 6.07) is 4.08. The minimum Gasteiger partial charge on any atom is -0.357 e. The fourth-order valence-corrected chi connectivity index (χ4v) is 2.87. The van der Waals surface area contributed by atoms with Gasteiger partial charge in [-0.05, 0) is 50.4 Å². The maximum Gasteiger partial charge on any atom is 0.180 e. The first-order valence-electron chi connectivity index (χ1n) is 7.90. The van der Waals surface area contributed by atoms with Crippen molar-refractivity contribution in [3.8, 4) is 0 Å². The van der Waals surface area contributed by atoms with Crippen LogP contribution < -0.4 is 10.2 Å². The first kappa shape index (κ1) is 14.2. The fourth-order valence-electron chi connectivity index (χ4n) is 2.87. The molecule has 0 unspecified atom stereocenters. The van der Waals surface area contributed by atoms with Crippen LogP contribution in [0.4, 0.5) is 5.82 Å². The van der Waals surface area contributed by atoms with Crippen molar-refractivity contribution in [2.75, 3.05) is 31.1 Å². The van der Waals surface area contributed by atoms with E-state index in [0.29, 0.717) is 0 Å². The number of piperidine rings is 1. The third-order valence-corrected chi connectivity index (χ3v) is 4.12. The van der Waals surface area contributed by atoms with Gasteiger partial charge in [-0.15, -0.1) is 0 Å². The zero-order chi connectivity index (χ0) is 14.5. The van der Waals surface area contributed by atoms with Crippen molar-refractivity contribution in [2.24, 2.45) is 5.92 Å². The average Bonchev–Trinajstić information content (AvgIpc) is 2.55. The Balaban J connectivity index is 1.60. The van der Waals surface area contributed by atoms with E-state index in [1.807, 2.05) is 6.07 Å². The van der Waals surface area contributed by atoms with Gasteiger partial charge in [-0.1, -0.05) is 6.92 Å². The van der Waals surface area contributed by atoms with Crippen LogP contribution in [0, 0.1) is 5.92 Å². The number of hydrogen-bond donors (Lipinski definition) is 1. The Morgan fingerprint density at radius 1 is 1.19 bits per heavy atom. The first-order valence-corrected chi connectivity index (χ1v) is 7.90. The Bertz CT molecular complexity index is 578. The predicted octanol–water partition coefficient (Wildman–Crippen LogP) is 2.24. The molecule has 0 spiro atoms. The molecule has 5 nitrogen and oxygen atoms in total. The molecule has 5 heteroatoms. The van der Waals surface area contributed by atoms with Crippen molar-refractivity contribution in [3.63, 3.8) is 0 Å². The van der Waals surface area contributed by atoms with Gasteiger partial charge >= 0.3 is 0 Å². The van der Waals surface area contributed by atoms with Gasteiger partial charge in [0.15, 0.2) is 5.65 Å². The van der Waals surface area contributed by atoms with Crippen molar-refractivity contribution >= 4 is 17.0 Å². The maximum absolute atomic E-state index is 4.64. The third-order valence-electron chi connectivity index (χ3n) is 4.12. The molecule has 0 saturated carbocycles. The summed E-state index contributed by atoms with van der Waals surface area (Å²) in [5.74, 6) is 1.83. The molecule has 21 heavy (non-hydrogen) atoms. The van der Waals surface area contributed by atoms with Gasteiger partial charge in [0.25, 0.3) is 0 Å². The average molecular weight is 285 g/mol. The lowest BCUT2D eigenvalue weighted by molar-refractivity contribution is 0.382. The van der Waals surface area contributed by atoms with Gasteiger partial charge in [0.1, 0.15) is 11.3 Å². The molecule has 0 bridgehead atoms. The van der Waals surface area contributed by atoms with Crippen molar-refractivity contribution < 1.29 is 0 Å². The lowest BCUT2D eigenvalue weighted by atomic mass is 9.97. The predicted molar refractivity (Wildman–Crippen MR) is 85.4 cm³/mol. The van der Waals surface area contributed by atoms with E-state index in [4.69, 9.17) is 0 Å². The number of fused-ring (bicyclic) bond motifs is 1. The molecule has 1 aliphatic heterocycles. The standard InChI is InChI=1S/C16H23N5/c1-2-7-17-12-13-5-10-21(11-6-13)15-4-3-14-16(20-15)19-9-8-18-14/h3-4,8-9,13,17H,2,5-7,10-12H2,1H3. The van der Waals surface area contributed by atoms with Gasteiger partial charge in [0, 0.05) is 25.5 Å².